The molecule has 0 aliphatic carbocycles. The van der Waals surface area contributed by atoms with Gasteiger partial charge in [-0.2, -0.15) is 5.26 Å². The number of nitrogen functional groups attached to an aromatic ring is 1. The van der Waals surface area contributed by atoms with E-state index in [9.17, 15) is 0 Å². The van der Waals surface area contributed by atoms with Gasteiger partial charge in [0.15, 0.2) is 0 Å². The lowest BCUT2D eigenvalue weighted by atomic mass is 10.2. The highest BCUT2D eigenvalue weighted by Gasteiger charge is 2.00. The van der Waals surface area contributed by atoms with Crippen LogP contribution < -0.4 is 10.5 Å². The summed E-state index contributed by atoms with van der Waals surface area (Å²) in [6, 6.07) is 6.98. The molecular formula is C14H20N2O4. The lowest BCUT2D eigenvalue weighted by molar-refractivity contribution is 0.0180. The summed E-state index contributed by atoms with van der Waals surface area (Å²) < 4.78 is 20.9. The molecule has 0 saturated carbocycles. The zero-order chi connectivity index (χ0) is 14.6. The van der Waals surface area contributed by atoms with Gasteiger partial charge in [-0.3, -0.25) is 0 Å². The molecule has 2 N–H and O–H groups in total. The highest BCUT2D eigenvalue weighted by molar-refractivity contribution is 5.56. The van der Waals surface area contributed by atoms with E-state index in [-0.39, 0.29) is 0 Å². The van der Waals surface area contributed by atoms with Gasteiger partial charge in [0.05, 0.1) is 44.3 Å². The first-order valence-corrected chi connectivity index (χ1v) is 6.34. The van der Waals surface area contributed by atoms with E-state index in [4.69, 9.17) is 29.9 Å². The first-order valence-electron chi connectivity index (χ1n) is 6.34. The van der Waals surface area contributed by atoms with Gasteiger partial charge in [0.2, 0.25) is 0 Å². The summed E-state index contributed by atoms with van der Waals surface area (Å²) in [5, 5.41) is 8.75. The van der Waals surface area contributed by atoms with Gasteiger partial charge in [-0.05, 0) is 12.1 Å². The van der Waals surface area contributed by atoms with E-state index in [0.717, 1.165) is 0 Å². The van der Waals surface area contributed by atoms with Gasteiger partial charge in [-0.1, -0.05) is 0 Å². The maximum atomic E-state index is 8.75. The first-order chi connectivity index (χ1) is 9.77. The predicted molar refractivity (Wildman–Crippen MR) is 74.6 cm³/mol. The number of hydrogen-bond acceptors (Lipinski definition) is 6. The van der Waals surface area contributed by atoms with Crippen molar-refractivity contribution in [2.45, 2.75) is 0 Å². The lowest BCUT2D eigenvalue weighted by Gasteiger charge is -2.08. The predicted octanol–water partition coefficient (Wildman–Crippen LogP) is 1.20. The van der Waals surface area contributed by atoms with Crippen LogP contribution in [0.5, 0.6) is 5.75 Å². The minimum Gasteiger partial charge on any atom is -0.491 e. The van der Waals surface area contributed by atoms with Crippen LogP contribution in [0.2, 0.25) is 0 Å². The average Bonchev–Trinajstić information content (AvgIpc) is 2.46. The molecule has 0 saturated heterocycles. The van der Waals surface area contributed by atoms with Crippen molar-refractivity contribution in [1.29, 1.82) is 5.26 Å². The molecule has 110 valence electrons. The molecule has 6 heteroatoms. The number of methoxy groups -OCH3 is 1. The third-order valence-electron chi connectivity index (χ3n) is 2.44. The molecule has 0 bridgehead atoms. The number of nitriles is 1. The van der Waals surface area contributed by atoms with Gasteiger partial charge in [-0.25, -0.2) is 0 Å². The monoisotopic (exact) mass is 280 g/mol. The second-order valence-corrected chi connectivity index (χ2v) is 3.93. The summed E-state index contributed by atoms with van der Waals surface area (Å²) in [6.07, 6.45) is 0. The zero-order valence-electron chi connectivity index (χ0n) is 11.6. The molecule has 0 radical (unpaired) electrons. The fourth-order valence-corrected chi connectivity index (χ4v) is 1.42. The Bertz CT molecular complexity index is 432. The van der Waals surface area contributed by atoms with Crippen LogP contribution >= 0.6 is 0 Å². The number of rotatable bonds is 10. The van der Waals surface area contributed by atoms with Crippen LogP contribution in [0.1, 0.15) is 5.56 Å². The fraction of sp³-hybridized carbons (Fsp3) is 0.500. The summed E-state index contributed by atoms with van der Waals surface area (Å²) in [6.45, 7) is 3.09. The minimum absolute atomic E-state index is 0.414. The standard InChI is InChI=1S/C14H20N2O4/c1-17-4-5-18-6-7-19-8-9-20-13-3-2-12(11-15)14(16)10-13/h2-3,10H,4-9,16H2,1H3. The van der Waals surface area contributed by atoms with Gasteiger partial charge in [0, 0.05) is 13.2 Å². The quantitative estimate of drug-likeness (QED) is 0.512. The summed E-state index contributed by atoms with van der Waals surface area (Å²) in [5.41, 5.74) is 6.54. The molecule has 0 heterocycles. The van der Waals surface area contributed by atoms with Crippen molar-refractivity contribution in [2.24, 2.45) is 0 Å². The zero-order valence-corrected chi connectivity index (χ0v) is 11.6. The van der Waals surface area contributed by atoms with E-state index in [1.54, 1.807) is 25.3 Å². The molecule has 0 amide bonds. The van der Waals surface area contributed by atoms with Crippen LogP contribution in [0.15, 0.2) is 18.2 Å². The Balaban J connectivity index is 2.07. The van der Waals surface area contributed by atoms with E-state index in [2.05, 4.69) is 0 Å². The summed E-state index contributed by atoms with van der Waals surface area (Å²) >= 11 is 0. The van der Waals surface area contributed by atoms with Crippen molar-refractivity contribution in [3.63, 3.8) is 0 Å². The number of benzene rings is 1. The molecule has 0 atom stereocenters. The molecule has 1 rings (SSSR count). The van der Waals surface area contributed by atoms with Crippen LogP contribution in [0.25, 0.3) is 0 Å². The largest absolute Gasteiger partial charge is 0.491 e. The van der Waals surface area contributed by atoms with Crippen LogP contribution in [0, 0.1) is 11.3 Å². The van der Waals surface area contributed by atoms with E-state index in [1.165, 1.54) is 0 Å². The minimum atomic E-state index is 0.414. The van der Waals surface area contributed by atoms with Crippen LogP contribution in [0.3, 0.4) is 0 Å². The van der Waals surface area contributed by atoms with E-state index < -0.39 is 0 Å². The fourth-order valence-electron chi connectivity index (χ4n) is 1.42. The van der Waals surface area contributed by atoms with Crippen molar-refractivity contribution >= 4 is 5.69 Å². The molecule has 1 aromatic rings. The van der Waals surface area contributed by atoms with Crippen LogP contribution in [-0.2, 0) is 14.2 Å². The van der Waals surface area contributed by atoms with Crippen LogP contribution in [-0.4, -0.2) is 46.8 Å². The third kappa shape index (κ3) is 6.38. The molecule has 0 aliphatic heterocycles. The van der Waals surface area contributed by atoms with E-state index >= 15 is 0 Å². The molecule has 0 spiro atoms. The lowest BCUT2D eigenvalue weighted by Crippen LogP contribution is -2.12. The number of anilines is 1. The van der Waals surface area contributed by atoms with Gasteiger partial charge in [0.1, 0.15) is 18.4 Å². The second-order valence-electron chi connectivity index (χ2n) is 3.93. The normalized spacial score (nSPS) is 10.2. The molecule has 0 aliphatic rings. The number of ether oxygens (including phenoxy) is 4. The van der Waals surface area contributed by atoms with Crippen molar-refractivity contribution in [1.82, 2.24) is 0 Å². The molecule has 0 aromatic heterocycles. The van der Waals surface area contributed by atoms with Gasteiger partial charge in [-0.15, -0.1) is 0 Å². The van der Waals surface area contributed by atoms with E-state index in [1.807, 2.05) is 6.07 Å². The Labute approximate surface area is 119 Å². The van der Waals surface area contributed by atoms with Gasteiger partial charge in [0.25, 0.3) is 0 Å². The molecule has 0 fully saturated rings. The molecular weight excluding hydrogens is 260 g/mol. The highest BCUT2D eigenvalue weighted by atomic mass is 16.6. The van der Waals surface area contributed by atoms with Crippen molar-refractivity contribution < 1.29 is 18.9 Å². The Morgan fingerprint density at radius 1 is 1.05 bits per heavy atom. The Hall–Kier alpha value is -1.81. The van der Waals surface area contributed by atoms with Crippen molar-refractivity contribution in [2.75, 3.05) is 52.5 Å². The topological polar surface area (TPSA) is 86.7 Å². The van der Waals surface area contributed by atoms with Crippen molar-refractivity contribution in [3.05, 3.63) is 23.8 Å². The van der Waals surface area contributed by atoms with E-state index in [0.29, 0.717) is 56.6 Å². The Morgan fingerprint density at radius 3 is 2.30 bits per heavy atom. The summed E-state index contributed by atoms with van der Waals surface area (Å²) in [5.74, 6) is 0.626. The molecule has 1 aromatic carbocycles. The van der Waals surface area contributed by atoms with Crippen molar-refractivity contribution in [3.8, 4) is 11.8 Å². The Kier molecular flexibility index (Phi) is 8.15. The molecule has 0 unspecified atom stereocenters. The second kappa shape index (κ2) is 10.0. The summed E-state index contributed by atoms with van der Waals surface area (Å²) in [7, 11) is 1.63. The molecule has 6 nitrogen and oxygen atoms in total. The number of nitrogens with zero attached hydrogens (tertiary/aromatic N) is 1. The number of nitrogens with two attached hydrogens (primary N) is 1. The first kappa shape index (κ1) is 16.2. The maximum absolute atomic E-state index is 8.75. The maximum Gasteiger partial charge on any atom is 0.121 e. The highest BCUT2D eigenvalue weighted by Crippen LogP contribution is 2.18. The smallest absolute Gasteiger partial charge is 0.121 e. The summed E-state index contributed by atoms with van der Waals surface area (Å²) in [4.78, 5) is 0. The van der Waals surface area contributed by atoms with Gasteiger partial charge < -0.3 is 24.7 Å². The SMILES string of the molecule is COCCOCCOCCOc1ccc(C#N)c(N)c1. The average molecular weight is 280 g/mol. The van der Waals surface area contributed by atoms with Crippen LogP contribution in [0.4, 0.5) is 5.69 Å². The molecule has 20 heavy (non-hydrogen) atoms. The number of hydrogen-bond donors (Lipinski definition) is 1. The van der Waals surface area contributed by atoms with Gasteiger partial charge >= 0.3 is 0 Å². The Morgan fingerprint density at radius 2 is 1.70 bits per heavy atom. The third-order valence-corrected chi connectivity index (χ3v) is 2.44.